The van der Waals surface area contributed by atoms with Crippen molar-refractivity contribution in [3.8, 4) is 0 Å². The molecule has 3 nitrogen and oxygen atoms in total. The van der Waals surface area contributed by atoms with Gasteiger partial charge in [0.25, 0.3) is 0 Å². The molecule has 0 aliphatic carbocycles. The second-order valence-corrected chi connectivity index (χ2v) is 3.82. The van der Waals surface area contributed by atoms with Gasteiger partial charge in [-0.3, -0.25) is 0 Å². The van der Waals surface area contributed by atoms with Crippen LogP contribution in [0.15, 0.2) is 11.4 Å². The lowest BCUT2D eigenvalue weighted by molar-refractivity contribution is -0.168. The Morgan fingerprint density at radius 2 is 2.29 bits per heavy atom. The first kappa shape index (κ1) is 11.1. The molecule has 1 atom stereocenters. The lowest BCUT2D eigenvalue weighted by Crippen LogP contribution is -2.40. The largest absolute Gasteiger partial charge is 0.477 e. The summed E-state index contributed by atoms with van der Waals surface area (Å²) in [6.45, 7) is 1.61. The predicted molar refractivity (Wildman–Crippen MR) is 48.6 cm³/mol. The molecule has 0 aromatic carbocycles. The van der Waals surface area contributed by atoms with Crippen molar-refractivity contribution in [1.82, 2.24) is 0 Å². The zero-order valence-corrected chi connectivity index (χ0v) is 8.15. The van der Waals surface area contributed by atoms with Gasteiger partial charge in [0, 0.05) is 4.88 Å². The van der Waals surface area contributed by atoms with Gasteiger partial charge >= 0.3 is 11.9 Å². The maximum absolute atomic E-state index is 13.0. The zero-order chi connectivity index (χ0) is 10.9. The van der Waals surface area contributed by atoms with Crippen molar-refractivity contribution in [2.45, 2.75) is 18.9 Å². The highest BCUT2D eigenvalue weighted by molar-refractivity contribution is 7.10. The molecule has 1 aromatic rings. The number of carboxylic acid groups (broad SMARTS) is 1. The van der Waals surface area contributed by atoms with Crippen molar-refractivity contribution in [2.24, 2.45) is 5.73 Å². The summed E-state index contributed by atoms with van der Waals surface area (Å²) < 4.78 is 25.9. The van der Waals surface area contributed by atoms with E-state index < -0.39 is 17.9 Å². The number of rotatable bonds is 3. The molecule has 1 rings (SSSR count). The van der Waals surface area contributed by atoms with Crippen LogP contribution in [0.3, 0.4) is 0 Å². The maximum atomic E-state index is 13.0. The fraction of sp³-hybridized carbons (Fsp3) is 0.375. The minimum atomic E-state index is -3.92. The number of aryl methyl sites for hydroxylation is 1. The van der Waals surface area contributed by atoms with E-state index in [2.05, 4.69) is 0 Å². The average molecular weight is 221 g/mol. The minimum absolute atomic E-state index is 0.206. The van der Waals surface area contributed by atoms with Gasteiger partial charge in [-0.05, 0) is 23.9 Å². The number of carbonyl (C=O) groups is 1. The molecule has 1 aromatic heterocycles. The van der Waals surface area contributed by atoms with E-state index in [-0.39, 0.29) is 4.88 Å². The van der Waals surface area contributed by atoms with Crippen LogP contribution in [0.25, 0.3) is 0 Å². The normalized spacial score (nSPS) is 14.0. The highest BCUT2D eigenvalue weighted by atomic mass is 32.1. The minimum Gasteiger partial charge on any atom is -0.477 e. The molecule has 0 aliphatic rings. The summed E-state index contributed by atoms with van der Waals surface area (Å²) in [5.41, 5.74) is 5.79. The Morgan fingerprint density at radius 3 is 2.64 bits per heavy atom. The van der Waals surface area contributed by atoms with Gasteiger partial charge in [-0.25, -0.2) is 4.79 Å². The molecule has 0 unspecified atom stereocenters. The predicted octanol–water partition coefficient (Wildman–Crippen LogP) is 1.78. The van der Waals surface area contributed by atoms with Crippen LogP contribution in [0.1, 0.15) is 16.5 Å². The van der Waals surface area contributed by atoms with Crippen LogP contribution >= 0.6 is 11.3 Å². The fourth-order valence-corrected chi connectivity index (χ4v) is 1.97. The van der Waals surface area contributed by atoms with Crippen molar-refractivity contribution >= 4 is 17.3 Å². The Kier molecular flexibility index (Phi) is 2.86. The van der Waals surface area contributed by atoms with Crippen molar-refractivity contribution in [1.29, 1.82) is 0 Å². The van der Waals surface area contributed by atoms with Crippen molar-refractivity contribution in [3.63, 3.8) is 0 Å². The molecule has 0 aliphatic heterocycles. The van der Waals surface area contributed by atoms with Gasteiger partial charge in [0.2, 0.25) is 0 Å². The molecule has 0 amide bonds. The third-order valence-corrected chi connectivity index (χ3v) is 2.96. The Labute approximate surface area is 83.2 Å². The van der Waals surface area contributed by atoms with E-state index in [0.29, 0.717) is 5.56 Å². The van der Waals surface area contributed by atoms with E-state index in [1.54, 1.807) is 18.4 Å². The first-order valence-electron chi connectivity index (χ1n) is 3.78. The summed E-state index contributed by atoms with van der Waals surface area (Å²) >= 11 is 1.03. The fourth-order valence-electron chi connectivity index (χ4n) is 1.00. The van der Waals surface area contributed by atoms with Crippen molar-refractivity contribution in [3.05, 3.63) is 21.9 Å². The Hall–Kier alpha value is -1.01. The monoisotopic (exact) mass is 221 g/mol. The van der Waals surface area contributed by atoms with Gasteiger partial charge < -0.3 is 10.8 Å². The molecule has 0 bridgehead atoms. The smallest absolute Gasteiger partial charge is 0.376 e. The quantitative estimate of drug-likeness (QED) is 0.817. The summed E-state index contributed by atoms with van der Waals surface area (Å²) in [6.07, 6.45) is 0. The van der Waals surface area contributed by atoms with Crippen LogP contribution in [0.4, 0.5) is 8.78 Å². The topological polar surface area (TPSA) is 63.3 Å². The number of hydrogen-bond acceptors (Lipinski definition) is 3. The molecule has 6 heteroatoms. The number of carboxylic acids is 1. The summed E-state index contributed by atoms with van der Waals surface area (Å²) in [5, 5.41) is 9.88. The standard InChI is InChI=1S/C8H9F2NO2S/c1-4-2-3-14-5(4)6(11)8(9,10)7(12)13/h2-3,6H,11H2,1H3,(H,12,13)/t6-/m0/s1. The number of alkyl halides is 2. The number of aliphatic carboxylic acids is 1. The van der Waals surface area contributed by atoms with E-state index in [1.165, 1.54) is 0 Å². The van der Waals surface area contributed by atoms with Crippen LogP contribution in [-0.2, 0) is 4.79 Å². The maximum Gasteiger partial charge on any atom is 0.376 e. The molecule has 1 heterocycles. The van der Waals surface area contributed by atoms with Gasteiger partial charge in [-0.2, -0.15) is 8.78 Å². The third kappa shape index (κ3) is 1.76. The highest BCUT2D eigenvalue weighted by Crippen LogP contribution is 2.34. The average Bonchev–Trinajstić information content (AvgIpc) is 2.49. The molecule has 14 heavy (non-hydrogen) atoms. The van der Waals surface area contributed by atoms with Crippen LogP contribution in [-0.4, -0.2) is 17.0 Å². The van der Waals surface area contributed by atoms with E-state index in [1.807, 2.05) is 0 Å². The second kappa shape index (κ2) is 3.62. The summed E-state index contributed by atoms with van der Waals surface area (Å²) in [7, 11) is 0. The van der Waals surface area contributed by atoms with Crippen LogP contribution < -0.4 is 5.73 Å². The number of halogens is 2. The molecule has 78 valence electrons. The Balaban J connectivity index is 3.02. The lowest BCUT2D eigenvalue weighted by Gasteiger charge is -2.18. The van der Waals surface area contributed by atoms with Crippen molar-refractivity contribution < 1.29 is 18.7 Å². The first-order chi connectivity index (χ1) is 6.37. The zero-order valence-electron chi connectivity index (χ0n) is 7.33. The van der Waals surface area contributed by atoms with E-state index in [0.717, 1.165) is 11.3 Å². The first-order valence-corrected chi connectivity index (χ1v) is 4.66. The molecule has 0 spiro atoms. The van der Waals surface area contributed by atoms with Gasteiger partial charge in [0.1, 0.15) is 6.04 Å². The Morgan fingerprint density at radius 1 is 1.71 bits per heavy atom. The Bertz CT molecular complexity index is 351. The number of thiophene rings is 1. The molecular formula is C8H9F2NO2S. The molecule has 0 fully saturated rings. The number of nitrogens with two attached hydrogens (primary N) is 1. The molecule has 3 N–H and O–H groups in total. The molecule has 0 saturated carbocycles. The van der Waals surface area contributed by atoms with Crippen LogP contribution in [0.2, 0.25) is 0 Å². The van der Waals surface area contributed by atoms with Gasteiger partial charge in [-0.1, -0.05) is 0 Å². The van der Waals surface area contributed by atoms with Crippen LogP contribution in [0.5, 0.6) is 0 Å². The summed E-state index contributed by atoms with van der Waals surface area (Å²) in [6, 6.07) is -0.155. The SMILES string of the molecule is Cc1ccsc1[C@H](N)C(F)(F)C(=O)O. The van der Waals surface area contributed by atoms with Crippen LogP contribution in [0, 0.1) is 6.92 Å². The molecule has 0 saturated heterocycles. The van der Waals surface area contributed by atoms with Gasteiger partial charge in [0.05, 0.1) is 0 Å². The second-order valence-electron chi connectivity index (χ2n) is 2.87. The van der Waals surface area contributed by atoms with Gasteiger partial charge in [0.15, 0.2) is 0 Å². The molecule has 0 radical (unpaired) electrons. The third-order valence-electron chi connectivity index (χ3n) is 1.86. The van der Waals surface area contributed by atoms with E-state index >= 15 is 0 Å². The van der Waals surface area contributed by atoms with E-state index in [9.17, 15) is 13.6 Å². The molecular weight excluding hydrogens is 212 g/mol. The van der Waals surface area contributed by atoms with E-state index in [4.69, 9.17) is 10.8 Å². The highest BCUT2D eigenvalue weighted by Gasteiger charge is 2.47. The lowest BCUT2D eigenvalue weighted by atomic mass is 10.1. The summed E-state index contributed by atoms with van der Waals surface area (Å²) in [4.78, 5) is 10.4. The number of hydrogen-bond donors (Lipinski definition) is 2. The summed E-state index contributed by atoms with van der Waals surface area (Å²) in [5.74, 6) is -6.12. The van der Waals surface area contributed by atoms with Gasteiger partial charge in [-0.15, -0.1) is 11.3 Å². The van der Waals surface area contributed by atoms with Crippen molar-refractivity contribution in [2.75, 3.05) is 0 Å².